The molecule has 2 unspecified atom stereocenters. The number of benzene rings is 2. The van der Waals surface area contributed by atoms with Crippen molar-refractivity contribution in [2.45, 2.75) is 45.4 Å². The second-order valence-corrected chi connectivity index (χ2v) is 8.46. The minimum absolute atomic E-state index is 0.0735. The number of pyridine rings is 1. The van der Waals surface area contributed by atoms with E-state index in [9.17, 15) is 4.79 Å². The molecule has 1 aliphatic rings. The van der Waals surface area contributed by atoms with E-state index < -0.39 is 0 Å². The van der Waals surface area contributed by atoms with E-state index >= 15 is 0 Å². The molecule has 2 aromatic carbocycles. The second kappa shape index (κ2) is 7.26. The lowest BCUT2D eigenvalue weighted by Gasteiger charge is -2.38. The van der Waals surface area contributed by atoms with E-state index in [-0.39, 0.29) is 17.3 Å². The lowest BCUT2D eigenvalue weighted by Crippen LogP contribution is -2.38. The summed E-state index contributed by atoms with van der Waals surface area (Å²) >= 11 is 0. The summed E-state index contributed by atoms with van der Waals surface area (Å²) in [6.45, 7) is 4.22. The van der Waals surface area contributed by atoms with Gasteiger partial charge in [-0.2, -0.15) is 0 Å². The number of nitrogens with zero attached hydrogens (tertiary/aromatic N) is 1. The van der Waals surface area contributed by atoms with Crippen molar-refractivity contribution in [3.63, 3.8) is 0 Å². The van der Waals surface area contributed by atoms with E-state index in [1.165, 1.54) is 5.56 Å². The van der Waals surface area contributed by atoms with Gasteiger partial charge in [0.25, 0.3) is 0 Å². The molecule has 1 aromatic heterocycles. The van der Waals surface area contributed by atoms with Gasteiger partial charge >= 0.3 is 0 Å². The third-order valence-corrected chi connectivity index (χ3v) is 6.12. The van der Waals surface area contributed by atoms with Crippen molar-refractivity contribution in [1.29, 1.82) is 0 Å². The van der Waals surface area contributed by atoms with Gasteiger partial charge in [-0.05, 0) is 42.9 Å². The molecule has 138 valence electrons. The minimum Gasteiger partial charge on any atom is -0.299 e. The van der Waals surface area contributed by atoms with Gasteiger partial charge in [0.1, 0.15) is 5.78 Å². The zero-order chi connectivity index (χ0) is 18.9. The Hall–Kier alpha value is -2.48. The predicted octanol–water partition coefficient (Wildman–Crippen LogP) is 5.96. The molecule has 27 heavy (non-hydrogen) atoms. The number of hydrogen-bond donors (Lipinski definition) is 0. The van der Waals surface area contributed by atoms with Crippen LogP contribution >= 0.6 is 0 Å². The molecule has 1 saturated carbocycles. The Morgan fingerprint density at radius 2 is 1.74 bits per heavy atom. The maximum absolute atomic E-state index is 13.2. The second-order valence-electron chi connectivity index (χ2n) is 8.46. The van der Waals surface area contributed by atoms with Crippen LogP contribution in [0.15, 0.2) is 66.7 Å². The molecule has 3 aromatic rings. The molecule has 0 amide bonds. The van der Waals surface area contributed by atoms with E-state index in [0.29, 0.717) is 5.78 Å². The van der Waals surface area contributed by atoms with Gasteiger partial charge in [0.05, 0.1) is 5.52 Å². The maximum atomic E-state index is 13.2. The Labute approximate surface area is 161 Å². The SMILES string of the molecule is CC1(C)CCCC(C(Cc2ccc3ccccc3n2)c2ccccc2)C1=O. The Bertz CT molecular complexity index is 945. The maximum Gasteiger partial charge on any atom is 0.142 e. The summed E-state index contributed by atoms with van der Waals surface area (Å²) in [6, 6.07) is 23.0. The first-order valence-corrected chi connectivity index (χ1v) is 9.98. The first-order valence-electron chi connectivity index (χ1n) is 9.98. The van der Waals surface area contributed by atoms with E-state index in [1.54, 1.807) is 0 Å². The molecule has 2 heteroatoms. The normalized spacial score (nSPS) is 20.5. The summed E-state index contributed by atoms with van der Waals surface area (Å²) in [5.41, 5.74) is 3.13. The number of carbonyl (C=O) groups is 1. The Morgan fingerprint density at radius 3 is 2.56 bits per heavy atom. The first-order chi connectivity index (χ1) is 13.0. The molecule has 0 bridgehead atoms. The van der Waals surface area contributed by atoms with E-state index in [4.69, 9.17) is 4.98 Å². The van der Waals surface area contributed by atoms with Crippen LogP contribution in [0.5, 0.6) is 0 Å². The van der Waals surface area contributed by atoms with Crippen LogP contribution < -0.4 is 0 Å². The molecule has 0 spiro atoms. The summed E-state index contributed by atoms with van der Waals surface area (Å²) in [5.74, 6) is 0.680. The van der Waals surface area contributed by atoms with Gasteiger partial charge in [0, 0.05) is 22.4 Å². The molecular formula is C25H27NO. The van der Waals surface area contributed by atoms with Crippen LogP contribution in [0.3, 0.4) is 0 Å². The number of aromatic nitrogens is 1. The van der Waals surface area contributed by atoms with Crippen molar-refractivity contribution in [1.82, 2.24) is 4.98 Å². The number of Topliss-reactive ketones (excluding diaryl/α,β-unsaturated/α-hetero) is 1. The Morgan fingerprint density at radius 1 is 1.00 bits per heavy atom. The fourth-order valence-corrected chi connectivity index (χ4v) is 4.54. The molecule has 1 heterocycles. The van der Waals surface area contributed by atoms with Crippen LogP contribution in [-0.2, 0) is 11.2 Å². The monoisotopic (exact) mass is 357 g/mol. The van der Waals surface area contributed by atoms with Gasteiger partial charge in [-0.25, -0.2) is 0 Å². The predicted molar refractivity (Wildman–Crippen MR) is 111 cm³/mol. The topological polar surface area (TPSA) is 30.0 Å². The lowest BCUT2D eigenvalue weighted by atomic mass is 9.65. The van der Waals surface area contributed by atoms with Crippen LogP contribution in [0.1, 0.15) is 50.3 Å². The smallest absolute Gasteiger partial charge is 0.142 e. The third kappa shape index (κ3) is 3.66. The zero-order valence-electron chi connectivity index (χ0n) is 16.2. The summed E-state index contributed by atoms with van der Waals surface area (Å²) < 4.78 is 0. The molecule has 2 nitrogen and oxygen atoms in total. The van der Waals surface area contributed by atoms with Gasteiger partial charge in [0.2, 0.25) is 0 Å². The van der Waals surface area contributed by atoms with Crippen molar-refractivity contribution in [2.24, 2.45) is 11.3 Å². The fourth-order valence-electron chi connectivity index (χ4n) is 4.54. The summed E-state index contributed by atoms with van der Waals surface area (Å²) in [7, 11) is 0. The molecule has 0 saturated heterocycles. The van der Waals surface area contributed by atoms with E-state index in [0.717, 1.165) is 42.3 Å². The van der Waals surface area contributed by atoms with Crippen LogP contribution in [0.4, 0.5) is 0 Å². The highest BCUT2D eigenvalue weighted by atomic mass is 16.1. The first kappa shape index (κ1) is 17.9. The van der Waals surface area contributed by atoms with Crippen molar-refractivity contribution >= 4 is 16.7 Å². The summed E-state index contributed by atoms with van der Waals surface area (Å²) in [4.78, 5) is 18.1. The van der Waals surface area contributed by atoms with Crippen molar-refractivity contribution in [2.75, 3.05) is 0 Å². The third-order valence-electron chi connectivity index (χ3n) is 6.12. The molecular weight excluding hydrogens is 330 g/mol. The molecule has 4 rings (SSSR count). The summed E-state index contributed by atoms with van der Waals surface area (Å²) in [5, 5.41) is 1.16. The van der Waals surface area contributed by atoms with Gasteiger partial charge < -0.3 is 0 Å². The van der Waals surface area contributed by atoms with Gasteiger partial charge in [0.15, 0.2) is 0 Å². The molecule has 0 radical (unpaired) electrons. The Balaban J connectivity index is 1.70. The number of ketones is 1. The van der Waals surface area contributed by atoms with Crippen molar-refractivity contribution in [3.8, 4) is 0 Å². The average Bonchev–Trinajstić information content (AvgIpc) is 2.69. The average molecular weight is 357 g/mol. The standard InChI is InChI=1S/C25H27NO/c1-25(2)16-8-12-21(24(25)27)22(18-9-4-3-5-10-18)17-20-15-14-19-11-6-7-13-23(19)26-20/h3-7,9-11,13-15,21-22H,8,12,16-17H2,1-2H3. The molecule has 1 aliphatic carbocycles. The number of rotatable bonds is 4. The zero-order valence-corrected chi connectivity index (χ0v) is 16.2. The van der Waals surface area contributed by atoms with Gasteiger partial charge in [-0.15, -0.1) is 0 Å². The Kier molecular flexibility index (Phi) is 4.82. The number of hydrogen-bond acceptors (Lipinski definition) is 2. The minimum atomic E-state index is -0.216. The molecule has 1 fully saturated rings. The number of para-hydroxylation sites is 1. The molecule has 0 aliphatic heterocycles. The van der Waals surface area contributed by atoms with Gasteiger partial charge in [-0.3, -0.25) is 9.78 Å². The quantitative estimate of drug-likeness (QED) is 0.577. The highest BCUT2D eigenvalue weighted by Gasteiger charge is 2.41. The van der Waals surface area contributed by atoms with E-state index in [2.05, 4.69) is 62.4 Å². The van der Waals surface area contributed by atoms with Crippen molar-refractivity contribution < 1.29 is 4.79 Å². The largest absolute Gasteiger partial charge is 0.299 e. The fraction of sp³-hybridized carbons (Fsp3) is 0.360. The van der Waals surface area contributed by atoms with Gasteiger partial charge in [-0.1, -0.05) is 74.9 Å². The van der Waals surface area contributed by atoms with E-state index in [1.807, 2.05) is 18.2 Å². The van der Waals surface area contributed by atoms with Crippen LogP contribution in [0, 0.1) is 11.3 Å². The number of fused-ring (bicyclic) bond motifs is 1. The molecule has 0 N–H and O–H groups in total. The summed E-state index contributed by atoms with van der Waals surface area (Å²) in [6.07, 6.45) is 3.91. The lowest BCUT2D eigenvalue weighted by molar-refractivity contribution is -0.135. The van der Waals surface area contributed by atoms with Crippen LogP contribution in [0.2, 0.25) is 0 Å². The van der Waals surface area contributed by atoms with Crippen LogP contribution in [0.25, 0.3) is 10.9 Å². The molecule has 2 atom stereocenters. The highest BCUT2D eigenvalue weighted by Crippen LogP contribution is 2.43. The highest BCUT2D eigenvalue weighted by molar-refractivity contribution is 5.88. The van der Waals surface area contributed by atoms with Crippen LogP contribution in [-0.4, -0.2) is 10.8 Å². The number of carbonyl (C=O) groups excluding carboxylic acids is 1. The van der Waals surface area contributed by atoms with Crippen molar-refractivity contribution in [3.05, 3.63) is 78.0 Å².